The zero-order valence-electron chi connectivity index (χ0n) is 12.0. The highest BCUT2D eigenvalue weighted by molar-refractivity contribution is 7.93. The summed E-state index contributed by atoms with van der Waals surface area (Å²) in [4.78, 5) is 2.32. The second-order valence-corrected chi connectivity index (χ2v) is 7.99. The Labute approximate surface area is 126 Å². The molecule has 5 nitrogen and oxygen atoms in total. The first-order valence-electron chi connectivity index (χ1n) is 7.53. The van der Waals surface area contributed by atoms with E-state index in [1.807, 2.05) is 18.2 Å². The number of nitrogens with zero attached hydrogens (tertiary/aromatic N) is 1. The van der Waals surface area contributed by atoms with Gasteiger partial charge in [-0.05, 0) is 50.9 Å². The van der Waals surface area contributed by atoms with Gasteiger partial charge in [0.1, 0.15) is 0 Å². The molecule has 6 heteroatoms. The maximum atomic E-state index is 12.4. The van der Waals surface area contributed by atoms with Crippen LogP contribution in [0.25, 0.3) is 0 Å². The van der Waals surface area contributed by atoms with E-state index < -0.39 is 10.0 Å². The molecule has 2 N–H and O–H groups in total. The number of rotatable bonds is 4. The normalized spacial score (nSPS) is 28.0. The minimum atomic E-state index is -3.31. The second kappa shape index (κ2) is 5.94. The lowest BCUT2D eigenvalue weighted by molar-refractivity contribution is -0.00508. The van der Waals surface area contributed by atoms with Crippen molar-refractivity contribution in [1.29, 1.82) is 0 Å². The smallest absolute Gasteiger partial charge is 0.235 e. The Bertz CT molecular complexity index is 562. The van der Waals surface area contributed by atoms with Crippen molar-refractivity contribution in [3.05, 3.63) is 30.3 Å². The molecule has 1 aliphatic carbocycles. The van der Waals surface area contributed by atoms with Gasteiger partial charge in [-0.3, -0.25) is 4.72 Å². The molecule has 1 aromatic rings. The molecule has 0 bridgehead atoms. The zero-order valence-corrected chi connectivity index (χ0v) is 12.8. The van der Waals surface area contributed by atoms with Crippen LogP contribution in [0.15, 0.2) is 30.3 Å². The van der Waals surface area contributed by atoms with Crippen molar-refractivity contribution in [3.8, 4) is 0 Å². The summed E-state index contributed by atoms with van der Waals surface area (Å²) < 4.78 is 27.5. The molecule has 0 aromatic heterocycles. The SMILES string of the molecule is O=S(=O)(Nc1ccccc1)C1CCN(C2CC(O)C2)CC1. The number of likely N-dealkylation sites (tertiary alicyclic amines) is 1. The van der Waals surface area contributed by atoms with E-state index in [0.717, 1.165) is 25.9 Å². The average Bonchev–Trinajstić information content (AvgIpc) is 2.45. The van der Waals surface area contributed by atoms with Gasteiger partial charge in [0.15, 0.2) is 0 Å². The highest BCUT2D eigenvalue weighted by Gasteiger charge is 2.37. The largest absolute Gasteiger partial charge is 0.393 e. The van der Waals surface area contributed by atoms with E-state index >= 15 is 0 Å². The number of hydrogen-bond acceptors (Lipinski definition) is 4. The third kappa shape index (κ3) is 3.39. The van der Waals surface area contributed by atoms with E-state index in [2.05, 4.69) is 9.62 Å². The van der Waals surface area contributed by atoms with Gasteiger partial charge >= 0.3 is 0 Å². The van der Waals surface area contributed by atoms with Gasteiger partial charge < -0.3 is 10.0 Å². The molecular weight excluding hydrogens is 288 g/mol. The molecule has 1 aromatic carbocycles. The number of hydrogen-bond donors (Lipinski definition) is 2. The predicted molar refractivity (Wildman–Crippen MR) is 82.6 cm³/mol. The molecule has 2 fully saturated rings. The average molecular weight is 310 g/mol. The van der Waals surface area contributed by atoms with Crippen LogP contribution in [-0.2, 0) is 10.0 Å². The highest BCUT2D eigenvalue weighted by Crippen LogP contribution is 2.29. The minimum absolute atomic E-state index is 0.156. The van der Waals surface area contributed by atoms with E-state index in [9.17, 15) is 13.5 Å². The summed E-state index contributed by atoms with van der Waals surface area (Å²) in [5, 5.41) is 9.04. The summed E-state index contributed by atoms with van der Waals surface area (Å²) in [7, 11) is -3.31. The Morgan fingerprint density at radius 2 is 1.71 bits per heavy atom. The van der Waals surface area contributed by atoms with Gasteiger partial charge in [0.25, 0.3) is 0 Å². The standard InChI is InChI=1S/C15H22N2O3S/c18-14-10-13(11-14)17-8-6-15(7-9-17)21(19,20)16-12-4-2-1-3-5-12/h1-5,13-16,18H,6-11H2. The quantitative estimate of drug-likeness (QED) is 0.882. The van der Waals surface area contributed by atoms with E-state index in [4.69, 9.17) is 0 Å². The molecular formula is C15H22N2O3S. The van der Waals surface area contributed by atoms with Gasteiger partial charge in [-0.1, -0.05) is 18.2 Å². The van der Waals surface area contributed by atoms with Crippen molar-refractivity contribution in [2.24, 2.45) is 0 Å². The lowest BCUT2D eigenvalue weighted by atomic mass is 9.87. The van der Waals surface area contributed by atoms with Gasteiger partial charge in [0, 0.05) is 11.7 Å². The molecule has 116 valence electrons. The number of sulfonamides is 1. The van der Waals surface area contributed by atoms with Crippen LogP contribution < -0.4 is 4.72 Å². The molecule has 1 saturated carbocycles. The molecule has 1 aliphatic heterocycles. The Balaban J connectivity index is 1.56. The van der Waals surface area contributed by atoms with Gasteiger partial charge in [-0.15, -0.1) is 0 Å². The maximum Gasteiger partial charge on any atom is 0.235 e. The number of anilines is 1. The number of nitrogens with one attached hydrogen (secondary N) is 1. The Hall–Kier alpha value is -1.11. The van der Waals surface area contributed by atoms with Crippen LogP contribution in [0.2, 0.25) is 0 Å². The lowest BCUT2D eigenvalue weighted by Gasteiger charge is -2.43. The summed E-state index contributed by atoms with van der Waals surface area (Å²) in [6.45, 7) is 1.61. The van der Waals surface area contributed by atoms with Crippen LogP contribution in [0.5, 0.6) is 0 Å². The number of piperidine rings is 1. The fourth-order valence-electron chi connectivity index (χ4n) is 3.16. The van der Waals surface area contributed by atoms with Crippen LogP contribution in [0.1, 0.15) is 25.7 Å². The maximum absolute atomic E-state index is 12.4. The van der Waals surface area contributed by atoms with Crippen molar-refractivity contribution < 1.29 is 13.5 Å². The van der Waals surface area contributed by atoms with E-state index in [1.165, 1.54) is 0 Å². The summed E-state index contributed by atoms with van der Waals surface area (Å²) >= 11 is 0. The van der Waals surface area contributed by atoms with Crippen LogP contribution in [-0.4, -0.2) is 48.9 Å². The van der Waals surface area contributed by atoms with Crippen LogP contribution in [0.3, 0.4) is 0 Å². The molecule has 0 amide bonds. The van der Waals surface area contributed by atoms with Gasteiger partial charge in [0.05, 0.1) is 11.4 Å². The van der Waals surface area contributed by atoms with E-state index in [-0.39, 0.29) is 11.4 Å². The molecule has 1 saturated heterocycles. The zero-order chi connectivity index (χ0) is 14.9. The fourth-order valence-corrected chi connectivity index (χ4v) is 4.62. The number of aliphatic hydroxyl groups is 1. The predicted octanol–water partition coefficient (Wildman–Crippen LogP) is 1.42. The summed E-state index contributed by atoms with van der Waals surface area (Å²) in [6, 6.07) is 9.49. The number of benzene rings is 1. The van der Waals surface area contributed by atoms with Gasteiger partial charge in [0.2, 0.25) is 10.0 Å². The number of para-hydroxylation sites is 1. The van der Waals surface area contributed by atoms with Crippen LogP contribution in [0, 0.1) is 0 Å². The molecule has 0 atom stereocenters. The first kappa shape index (κ1) is 14.8. The first-order valence-corrected chi connectivity index (χ1v) is 9.08. The molecule has 0 spiro atoms. The monoisotopic (exact) mass is 310 g/mol. The molecule has 0 unspecified atom stereocenters. The molecule has 1 heterocycles. The topological polar surface area (TPSA) is 69.6 Å². The van der Waals surface area contributed by atoms with Crippen LogP contribution >= 0.6 is 0 Å². The van der Waals surface area contributed by atoms with Crippen molar-refractivity contribution in [2.45, 2.75) is 43.1 Å². The molecule has 21 heavy (non-hydrogen) atoms. The number of aliphatic hydroxyl groups excluding tert-OH is 1. The van der Waals surface area contributed by atoms with Gasteiger partial charge in [-0.2, -0.15) is 0 Å². The highest BCUT2D eigenvalue weighted by atomic mass is 32.2. The van der Waals surface area contributed by atoms with Gasteiger partial charge in [-0.25, -0.2) is 8.42 Å². The second-order valence-electron chi connectivity index (χ2n) is 6.03. The van der Waals surface area contributed by atoms with Crippen LogP contribution in [0.4, 0.5) is 5.69 Å². The van der Waals surface area contributed by atoms with Crippen molar-refractivity contribution in [3.63, 3.8) is 0 Å². The lowest BCUT2D eigenvalue weighted by Crippen LogP contribution is -2.51. The molecule has 3 rings (SSSR count). The summed E-state index contributed by atoms with van der Waals surface area (Å²) in [5.74, 6) is 0. The Kier molecular flexibility index (Phi) is 4.19. The van der Waals surface area contributed by atoms with Crippen molar-refractivity contribution in [2.75, 3.05) is 17.8 Å². The van der Waals surface area contributed by atoms with E-state index in [1.54, 1.807) is 12.1 Å². The minimum Gasteiger partial charge on any atom is -0.393 e. The summed E-state index contributed by atoms with van der Waals surface area (Å²) in [6.07, 6.45) is 2.83. The Morgan fingerprint density at radius 3 is 2.29 bits per heavy atom. The molecule has 2 aliphatic rings. The first-order chi connectivity index (χ1) is 10.0. The third-order valence-corrected chi connectivity index (χ3v) is 6.42. The Morgan fingerprint density at radius 1 is 1.10 bits per heavy atom. The van der Waals surface area contributed by atoms with E-state index in [0.29, 0.717) is 24.6 Å². The molecule has 0 radical (unpaired) electrons. The van der Waals surface area contributed by atoms with Crippen molar-refractivity contribution >= 4 is 15.7 Å². The van der Waals surface area contributed by atoms with Crippen molar-refractivity contribution in [1.82, 2.24) is 4.90 Å². The fraction of sp³-hybridized carbons (Fsp3) is 0.600. The third-order valence-electron chi connectivity index (χ3n) is 4.55. The summed E-state index contributed by atoms with van der Waals surface area (Å²) in [5.41, 5.74) is 0.627.